The molecule has 1 atom stereocenters. The Hall–Kier alpha value is -2.24. The van der Waals surface area contributed by atoms with Crippen molar-refractivity contribution in [1.82, 2.24) is 10.3 Å². The molecule has 2 N–H and O–H groups in total. The van der Waals surface area contributed by atoms with E-state index >= 15 is 0 Å². The van der Waals surface area contributed by atoms with Crippen LogP contribution in [0.1, 0.15) is 5.56 Å². The molecule has 0 saturated carbocycles. The number of anilines is 1. The van der Waals surface area contributed by atoms with Crippen molar-refractivity contribution in [3.05, 3.63) is 27.9 Å². The van der Waals surface area contributed by atoms with Crippen LogP contribution >= 0.6 is 0 Å². The lowest BCUT2D eigenvalue weighted by atomic mass is 10.2. The third-order valence-corrected chi connectivity index (χ3v) is 2.71. The molecule has 0 radical (unpaired) electrons. The van der Waals surface area contributed by atoms with E-state index in [0.717, 1.165) is 19.3 Å². The summed E-state index contributed by atoms with van der Waals surface area (Å²) in [7, 11) is 0. The largest absolute Gasteiger partial charge is 0.374 e. The summed E-state index contributed by atoms with van der Waals surface area (Å²) in [5.74, 6) is 0.335. The molecule has 0 amide bonds. The van der Waals surface area contributed by atoms with Crippen molar-refractivity contribution in [3.63, 3.8) is 0 Å². The fourth-order valence-corrected chi connectivity index (χ4v) is 1.74. The van der Waals surface area contributed by atoms with Crippen molar-refractivity contribution in [2.75, 3.05) is 31.6 Å². The molecule has 2 rings (SSSR count). The Labute approximate surface area is 109 Å². The van der Waals surface area contributed by atoms with Crippen molar-refractivity contribution in [1.29, 1.82) is 5.26 Å². The number of pyridine rings is 1. The van der Waals surface area contributed by atoms with Gasteiger partial charge in [-0.1, -0.05) is 0 Å². The van der Waals surface area contributed by atoms with Crippen LogP contribution in [0.25, 0.3) is 0 Å². The molecule has 8 nitrogen and oxygen atoms in total. The van der Waals surface area contributed by atoms with Gasteiger partial charge in [0.05, 0.1) is 17.6 Å². The maximum absolute atomic E-state index is 10.6. The minimum Gasteiger partial charge on any atom is -0.374 e. The number of aromatic nitrogens is 1. The van der Waals surface area contributed by atoms with E-state index in [1.54, 1.807) is 0 Å². The summed E-state index contributed by atoms with van der Waals surface area (Å²) < 4.78 is 5.49. The minimum absolute atomic E-state index is 0.00251. The second-order valence-electron chi connectivity index (χ2n) is 4.04. The van der Waals surface area contributed by atoms with Crippen LogP contribution in [0, 0.1) is 21.4 Å². The lowest BCUT2D eigenvalue weighted by Gasteiger charge is -2.24. The first-order valence-corrected chi connectivity index (χ1v) is 5.81. The first-order valence-electron chi connectivity index (χ1n) is 5.81. The molecular formula is C11H13N5O3. The van der Waals surface area contributed by atoms with Crippen LogP contribution in [0.3, 0.4) is 0 Å². The highest BCUT2D eigenvalue weighted by atomic mass is 16.6. The molecule has 1 aromatic rings. The van der Waals surface area contributed by atoms with Crippen LogP contribution in [-0.2, 0) is 4.74 Å². The number of nitriles is 1. The predicted octanol–water partition coefficient (Wildman–Crippen LogP) is 0.262. The van der Waals surface area contributed by atoms with Gasteiger partial charge in [0.25, 0.3) is 5.69 Å². The van der Waals surface area contributed by atoms with Gasteiger partial charge in [0.1, 0.15) is 23.6 Å². The number of nitrogens with zero attached hydrogens (tertiary/aromatic N) is 3. The molecule has 1 aliphatic rings. The third kappa shape index (κ3) is 3.37. The van der Waals surface area contributed by atoms with Gasteiger partial charge in [0.2, 0.25) is 0 Å². The van der Waals surface area contributed by atoms with Gasteiger partial charge < -0.3 is 15.4 Å². The number of morpholine rings is 1. The highest BCUT2D eigenvalue weighted by Crippen LogP contribution is 2.18. The summed E-state index contributed by atoms with van der Waals surface area (Å²) in [5, 5.41) is 25.7. The molecule has 1 unspecified atom stereocenters. The van der Waals surface area contributed by atoms with Crippen LogP contribution < -0.4 is 10.6 Å². The maximum atomic E-state index is 10.6. The van der Waals surface area contributed by atoms with Gasteiger partial charge in [-0.3, -0.25) is 10.1 Å². The highest BCUT2D eigenvalue weighted by molar-refractivity contribution is 5.55. The second kappa shape index (κ2) is 6.08. The summed E-state index contributed by atoms with van der Waals surface area (Å²) >= 11 is 0. The van der Waals surface area contributed by atoms with Crippen molar-refractivity contribution in [2.24, 2.45) is 0 Å². The average molecular weight is 263 g/mol. The highest BCUT2D eigenvalue weighted by Gasteiger charge is 2.16. The number of ether oxygens (including phenoxy) is 1. The maximum Gasteiger partial charge on any atom is 0.289 e. The number of nitrogens with one attached hydrogen (secondary N) is 2. The van der Waals surface area contributed by atoms with Gasteiger partial charge in [-0.25, -0.2) is 4.98 Å². The number of rotatable bonds is 4. The normalized spacial score (nSPS) is 18.6. The molecule has 8 heteroatoms. The van der Waals surface area contributed by atoms with Gasteiger partial charge in [0, 0.05) is 25.7 Å². The summed E-state index contributed by atoms with van der Waals surface area (Å²) in [6.45, 7) is 2.69. The molecule has 1 aliphatic heterocycles. The van der Waals surface area contributed by atoms with Crippen molar-refractivity contribution in [2.45, 2.75) is 6.10 Å². The Kier molecular flexibility index (Phi) is 4.22. The number of hydrogen-bond donors (Lipinski definition) is 2. The second-order valence-corrected chi connectivity index (χ2v) is 4.04. The summed E-state index contributed by atoms with van der Waals surface area (Å²) in [6.07, 6.45) is 1.13. The Morgan fingerprint density at radius 2 is 2.58 bits per heavy atom. The lowest BCUT2D eigenvalue weighted by Crippen LogP contribution is -2.42. The summed E-state index contributed by atoms with van der Waals surface area (Å²) in [6, 6.07) is 3.10. The van der Waals surface area contributed by atoms with Crippen LogP contribution in [0.5, 0.6) is 0 Å². The number of nitro groups is 1. The zero-order valence-corrected chi connectivity index (χ0v) is 10.1. The number of hydrogen-bond acceptors (Lipinski definition) is 7. The molecule has 0 aliphatic carbocycles. The Morgan fingerprint density at radius 1 is 1.74 bits per heavy atom. The van der Waals surface area contributed by atoms with E-state index in [1.165, 1.54) is 6.07 Å². The Balaban J connectivity index is 2.03. The van der Waals surface area contributed by atoms with Crippen molar-refractivity contribution >= 4 is 11.5 Å². The van der Waals surface area contributed by atoms with Crippen LogP contribution in [0.15, 0.2) is 12.3 Å². The molecule has 100 valence electrons. The smallest absolute Gasteiger partial charge is 0.289 e. The fourth-order valence-electron chi connectivity index (χ4n) is 1.74. The molecule has 2 heterocycles. The summed E-state index contributed by atoms with van der Waals surface area (Å²) in [5.41, 5.74) is -0.0457. The van der Waals surface area contributed by atoms with E-state index < -0.39 is 4.92 Å². The molecule has 1 fully saturated rings. The van der Waals surface area contributed by atoms with E-state index in [4.69, 9.17) is 10.00 Å². The van der Waals surface area contributed by atoms with E-state index in [2.05, 4.69) is 15.6 Å². The van der Waals surface area contributed by atoms with Crippen LogP contribution in [0.2, 0.25) is 0 Å². The molecule has 1 saturated heterocycles. The fraction of sp³-hybridized carbons (Fsp3) is 0.455. The van der Waals surface area contributed by atoms with E-state index in [0.29, 0.717) is 19.0 Å². The first kappa shape index (κ1) is 13.2. The van der Waals surface area contributed by atoms with E-state index in [1.807, 2.05) is 6.07 Å². The molecule has 0 bridgehead atoms. The average Bonchev–Trinajstić information content (AvgIpc) is 2.45. The van der Waals surface area contributed by atoms with E-state index in [-0.39, 0.29) is 17.4 Å². The molecule has 19 heavy (non-hydrogen) atoms. The Morgan fingerprint density at radius 3 is 3.21 bits per heavy atom. The van der Waals surface area contributed by atoms with Crippen LogP contribution in [0.4, 0.5) is 11.5 Å². The van der Waals surface area contributed by atoms with Crippen molar-refractivity contribution < 1.29 is 9.66 Å². The minimum atomic E-state index is -0.578. The molecule has 0 aromatic carbocycles. The van der Waals surface area contributed by atoms with Gasteiger partial charge in [-0.15, -0.1) is 0 Å². The van der Waals surface area contributed by atoms with Gasteiger partial charge in [-0.2, -0.15) is 5.26 Å². The zero-order valence-electron chi connectivity index (χ0n) is 10.1. The topological polar surface area (TPSA) is 113 Å². The lowest BCUT2D eigenvalue weighted by molar-refractivity contribution is -0.385. The zero-order chi connectivity index (χ0) is 13.7. The SMILES string of the molecule is N#Cc1cc([N+](=O)[O-])cnc1NCC1CNCCO1. The van der Waals surface area contributed by atoms with E-state index in [9.17, 15) is 10.1 Å². The molecular weight excluding hydrogens is 250 g/mol. The first-order chi connectivity index (χ1) is 9.20. The van der Waals surface area contributed by atoms with Gasteiger partial charge in [-0.05, 0) is 0 Å². The van der Waals surface area contributed by atoms with Gasteiger partial charge in [0.15, 0.2) is 0 Å². The van der Waals surface area contributed by atoms with Crippen LogP contribution in [-0.4, -0.2) is 42.3 Å². The third-order valence-electron chi connectivity index (χ3n) is 2.71. The predicted molar refractivity (Wildman–Crippen MR) is 66.7 cm³/mol. The molecule has 1 aromatic heterocycles. The summed E-state index contributed by atoms with van der Waals surface area (Å²) in [4.78, 5) is 13.9. The standard InChI is InChI=1S/C11H13N5O3/c12-4-8-3-9(16(17)18)5-14-11(8)15-7-10-6-13-1-2-19-10/h3,5,10,13H,1-2,6-7H2,(H,14,15). The monoisotopic (exact) mass is 263 g/mol. The quantitative estimate of drug-likeness (QED) is 0.591. The van der Waals surface area contributed by atoms with Crippen molar-refractivity contribution in [3.8, 4) is 6.07 Å². The molecule has 0 spiro atoms. The Bertz CT molecular complexity index is 508. The van der Waals surface area contributed by atoms with Gasteiger partial charge >= 0.3 is 0 Å².